The van der Waals surface area contributed by atoms with Gasteiger partial charge in [0, 0.05) is 29.8 Å². The maximum absolute atomic E-state index is 12.1. The molecule has 10 nitrogen and oxygen atoms in total. The smallest absolute Gasteiger partial charge is 0.410 e. The summed E-state index contributed by atoms with van der Waals surface area (Å²) in [6.45, 7) is 2.61. The third-order valence-electron chi connectivity index (χ3n) is 4.35. The third kappa shape index (κ3) is 4.32. The Bertz CT molecular complexity index is 1030. The summed E-state index contributed by atoms with van der Waals surface area (Å²) < 4.78 is 6.67. The van der Waals surface area contributed by atoms with Gasteiger partial charge in [-0.05, 0) is 31.2 Å². The number of hydrogen-bond acceptors (Lipinski definition) is 7. The number of ether oxygens (including phenoxy) is 1. The third-order valence-corrected chi connectivity index (χ3v) is 4.35. The summed E-state index contributed by atoms with van der Waals surface area (Å²) in [7, 11) is 0. The molecule has 10 heteroatoms. The zero-order valence-electron chi connectivity index (χ0n) is 15.7. The molecule has 1 fully saturated rings. The number of carbonyl (C=O) groups is 2. The van der Waals surface area contributed by atoms with Crippen LogP contribution >= 0.6 is 0 Å². The molecule has 2 amide bonds. The Labute approximate surface area is 166 Å². The molecule has 0 unspecified atom stereocenters. The number of aromatic nitrogens is 4. The second-order valence-electron chi connectivity index (χ2n) is 6.39. The number of nitrogens with one attached hydrogen (secondary N) is 2. The molecule has 0 saturated carbocycles. The number of imidazole rings is 1. The Kier molecular flexibility index (Phi) is 5.06. The number of cyclic esters (lactones) is 1. The van der Waals surface area contributed by atoms with E-state index in [0.29, 0.717) is 30.5 Å². The highest BCUT2D eigenvalue weighted by molar-refractivity contribution is 5.94. The summed E-state index contributed by atoms with van der Waals surface area (Å²) >= 11 is 0. The highest BCUT2D eigenvalue weighted by atomic mass is 16.6. The quantitative estimate of drug-likeness (QED) is 0.659. The predicted molar refractivity (Wildman–Crippen MR) is 105 cm³/mol. The van der Waals surface area contributed by atoms with Crippen LogP contribution in [0, 0.1) is 6.92 Å². The SMILES string of the molecule is Cc1nccn1-c1cc(Nc2ccc(NC(=O)CN3CCOC3=O)cc2)ncn1. The molecule has 0 bridgehead atoms. The number of anilines is 3. The lowest BCUT2D eigenvalue weighted by atomic mass is 10.2. The zero-order valence-corrected chi connectivity index (χ0v) is 15.7. The Balaban J connectivity index is 1.38. The number of amides is 2. The minimum Gasteiger partial charge on any atom is -0.448 e. The molecule has 2 aromatic heterocycles. The van der Waals surface area contributed by atoms with E-state index in [9.17, 15) is 9.59 Å². The first-order valence-electron chi connectivity index (χ1n) is 8.99. The van der Waals surface area contributed by atoms with Gasteiger partial charge in [-0.3, -0.25) is 14.3 Å². The average molecular weight is 393 g/mol. The molecular weight excluding hydrogens is 374 g/mol. The van der Waals surface area contributed by atoms with Crippen LogP contribution in [0.4, 0.5) is 22.0 Å². The van der Waals surface area contributed by atoms with Gasteiger partial charge in [0.2, 0.25) is 5.91 Å². The highest BCUT2D eigenvalue weighted by Crippen LogP contribution is 2.19. The summed E-state index contributed by atoms with van der Waals surface area (Å²) in [5, 5.41) is 5.97. The lowest BCUT2D eigenvalue weighted by Crippen LogP contribution is -2.33. The van der Waals surface area contributed by atoms with Crippen molar-refractivity contribution < 1.29 is 14.3 Å². The maximum atomic E-state index is 12.1. The lowest BCUT2D eigenvalue weighted by Gasteiger charge is -2.13. The van der Waals surface area contributed by atoms with Crippen LogP contribution in [0.2, 0.25) is 0 Å². The molecule has 1 saturated heterocycles. The Hall–Kier alpha value is -3.95. The Morgan fingerprint density at radius 3 is 2.66 bits per heavy atom. The van der Waals surface area contributed by atoms with Gasteiger partial charge in [0.05, 0.1) is 6.54 Å². The van der Waals surface area contributed by atoms with Crippen molar-refractivity contribution in [2.24, 2.45) is 0 Å². The average Bonchev–Trinajstić information content (AvgIpc) is 3.32. The topological polar surface area (TPSA) is 114 Å². The predicted octanol–water partition coefficient (Wildman–Crippen LogP) is 2.11. The van der Waals surface area contributed by atoms with E-state index in [1.807, 2.05) is 35.9 Å². The minimum atomic E-state index is -0.463. The molecule has 3 heterocycles. The van der Waals surface area contributed by atoms with Crippen LogP contribution in [-0.4, -0.2) is 56.1 Å². The van der Waals surface area contributed by atoms with Crippen LogP contribution in [0.1, 0.15) is 5.82 Å². The van der Waals surface area contributed by atoms with Gasteiger partial charge in [-0.1, -0.05) is 0 Å². The van der Waals surface area contributed by atoms with Crippen LogP contribution in [0.5, 0.6) is 0 Å². The number of aryl methyl sites for hydroxylation is 1. The van der Waals surface area contributed by atoms with Gasteiger partial charge in [0.1, 0.15) is 36.9 Å². The number of nitrogens with zero attached hydrogens (tertiary/aromatic N) is 5. The summed E-state index contributed by atoms with van der Waals surface area (Å²) in [6.07, 6.45) is 4.56. The molecule has 1 aliphatic rings. The highest BCUT2D eigenvalue weighted by Gasteiger charge is 2.24. The maximum Gasteiger partial charge on any atom is 0.410 e. The summed E-state index contributed by atoms with van der Waals surface area (Å²) in [4.78, 5) is 37.5. The van der Waals surface area contributed by atoms with Crippen molar-refractivity contribution in [3.05, 3.63) is 54.9 Å². The molecule has 0 aliphatic carbocycles. The first-order valence-corrected chi connectivity index (χ1v) is 8.99. The van der Waals surface area contributed by atoms with E-state index in [1.54, 1.807) is 18.3 Å². The first-order chi connectivity index (χ1) is 14.1. The Morgan fingerprint density at radius 1 is 1.17 bits per heavy atom. The molecule has 3 aromatic rings. The fourth-order valence-electron chi connectivity index (χ4n) is 2.90. The van der Waals surface area contributed by atoms with Gasteiger partial charge in [-0.2, -0.15) is 0 Å². The second-order valence-corrected chi connectivity index (χ2v) is 6.39. The van der Waals surface area contributed by atoms with Crippen LogP contribution in [-0.2, 0) is 9.53 Å². The summed E-state index contributed by atoms with van der Waals surface area (Å²) in [6, 6.07) is 9.00. The molecular formula is C19H19N7O3. The van der Waals surface area contributed by atoms with Crippen molar-refractivity contribution in [3.8, 4) is 5.82 Å². The van der Waals surface area contributed by atoms with E-state index in [4.69, 9.17) is 4.74 Å². The van der Waals surface area contributed by atoms with Crippen LogP contribution in [0.25, 0.3) is 5.82 Å². The van der Waals surface area contributed by atoms with Crippen molar-refractivity contribution in [1.29, 1.82) is 0 Å². The molecule has 148 valence electrons. The molecule has 0 radical (unpaired) electrons. The minimum absolute atomic E-state index is 0.0315. The van der Waals surface area contributed by atoms with Crippen molar-refractivity contribution in [2.75, 3.05) is 30.3 Å². The molecule has 29 heavy (non-hydrogen) atoms. The van der Waals surface area contributed by atoms with E-state index in [2.05, 4.69) is 25.6 Å². The van der Waals surface area contributed by atoms with Crippen LogP contribution in [0.3, 0.4) is 0 Å². The number of benzene rings is 1. The van der Waals surface area contributed by atoms with Gasteiger partial charge in [0.25, 0.3) is 0 Å². The normalized spacial score (nSPS) is 13.3. The fraction of sp³-hybridized carbons (Fsp3) is 0.211. The second kappa shape index (κ2) is 7.97. The van der Waals surface area contributed by atoms with Crippen molar-refractivity contribution in [3.63, 3.8) is 0 Å². The molecule has 4 rings (SSSR count). The molecule has 0 atom stereocenters. The van der Waals surface area contributed by atoms with E-state index in [-0.39, 0.29) is 12.5 Å². The van der Waals surface area contributed by atoms with Crippen molar-refractivity contribution in [2.45, 2.75) is 6.92 Å². The van der Waals surface area contributed by atoms with Gasteiger partial charge >= 0.3 is 6.09 Å². The molecule has 1 aromatic carbocycles. The van der Waals surface area contributed by atoms with E-state index in [0.717, 1.165) is 11.5 Å². The molecule has 1 aliphatic heterocycles. The van der Waals surface area contributed by atoms with E-state index in [1.165, 1.54) is 11.2 Å². The van der Waals surface area contributed by atoms with Crippen LogP contribution < -0.4 is 10.6 Å². The van der Waals surface area contributed by atoms with Gasteiger partial charge in [0.15, 0.2) is 0 Å². The van der Waals surface area contributed by atoms with Crippen LogP contribution in [0.15, 0.2) is 49.1 Å². The van der Waals surface area contributed by atoms with E-state index >= 15 is 0 Å². The fourth-order valence-corrected chi connectivity index (χ4v) is 2.90. The summed E-state index contributed by atoms with van der Waals surface area (Å²) in [5.41, 5.74) is 1.43. The van der Waals surface area contributed by atoms with Crippen molar-refractivity contribution in [1.82, 2.24) is 24.4 Å². The van der Waals surface area contributed by atoms with Crippen molar-refractivity contribution >= 4 is 29.2 Å². The van der Waals surface area contributed by atoms with Gasteiger partial charge < -0.3 is 15.4 Å². The Morgan fingerprint density at radius 2 is 1.97 bits per heavy atom. The van der Waals surface area contributed by atoms with Gasteiger partial charge in [-0.15, -0.1) is 0 Å². The molecule has 0 spiro atoms. The summed E-state index contributed by atoms with van der Waals surface area (Å²) in [5.74, 6) is 1.90. The molecule has 2 N–H and O–H groups in total. The lowest BCUT2D eigenvalue weighted by molar-refractivity contribution is -0.116. The standard InChI is InChI=1S/C19H19N7O3/c1-13-20-6-7-26(13)17-10-16(21-12-22-17)23-14-2-4-15(5-3-14)24-18(27)11-25-8-9-29-19(25)28/h2-7,10,12H,8-9,11H2,1H3,(H,24,27)(H,21,22,23). The first kappa shape index (κ1) is 18.4. The number of hydrogen-bond donors (Lipinski definition) is 2. The van der Waals surface area contributed by atoms with E-state index < -0.39 is 6.09 Å². The number of rotatable bonds is 6. The number of carbonyl (C=O) groups excluding carboxylic acids is 2. The monoisotopic (exact) mass is 393 g/mol. The zero-order chi connectivity index (χ0) is 20.2. The van der Waals surface area contributed by atoms with Gasteiger partial charge in [-0.25, -0.2) is 19.7 Å². The largest absolute Gasteiger partial charge is 0.448 e.